The van der Waals surface area contributed by atoms with E-state index in [1.807, 2.05) is 60.0 Å². The van der Waals surface area contributed by atoms with Gasteiger partial charge in [-0.05, 0) is 23.3 Å². The highest BCUT2D eigenvalue weighted by molar-refractivity contribution is 7.11. The topological polar surface area (TPSA) is 89.6 Å². The van der Waals surface area contributed by atoms with E-state index in [1.54, 1.807) is 6.20 Å². The van der Waals surface area contributed by atoms with Crippen molar-refractivity contribution in [3.05, 3.63) is 77.3 Å². The number of aromatic nitrogens is 1. The third-order valence-corrected chi connectivity index (χ3v) is 4.28. The zero-order valence-corrected chi connectivity index (χ0v) is 15.8. The second-order valence-electron chi connectivity index (χ2n) is 5.74. The number of nitrogens with zero attached hydrogens (tertiary/aromatic N) is 1. The highest BCUT2D eigenvalue weighted by Crippen LogP contribution is 2.23. The molecule has 0 saturated heterocycles. The van der Waals surface area contributed by atoms with E-state index in [9.17, 15) is 9.59 Å². The highest BCUT2D eigenvalue weighted by atomic mass is 32.1. The summed E-state index contributed by atoms with van der Waals surface area (Å²) in [5, 5.41) is 7.57. The Morgan fingerprint density at radius 2 is 1.75 bits per heavy atom. The lowest BCUT2D eigenvalue weighted by molar-refractivity contribution is -0.120. The summed E-state index contributed by atoms with van der Waals surface area (Å²) in [4.78, 5) is 27.5. The van der Waals surface area contributed by atoms with Crippen molar-refractivity contribution in [2.45, 2.75) is 13.2 Å². The first kappa shape index (κ1) is 19.4. The first-order valence-corrected chi connectivity index (χ1v) is 9.44. The molecule has 2 amide bonds. The van der Waals surface area contributed by atoms with E-state index in [-0.39, 0.29) is 19.1 Å². The van der Waals surface area contributed by atoms with Crippen molar-refractivity contribution in [3.8, 4) is 10.9 Å². The summed E-state index contributed by atoms with van der Waals surface area (Å²) >= 11 is 1.41. The van der Waals surface area contributed by atoms with Gasteiger partial charge in [0.25, 0.3) is 5.19 Å². The molecule has 0 radical (unpaired) electrons. The van der Waals surface area contributed by atoms with Gasteiger partial charge in [-0.2, -0.15) is 0 Å². The molecule has 1 aromatic heterocycles. The van der Waals surface area contributed by atoms with Gasteiger partial charge in [-0.3, -0.25) is 4.79 Å². The molecule has 0 aliphatic heterocycles. The van der Waals surface area contributed by atoms with Gasteiger partial charge in [0, 0.05) is 18.1 Å². The molecular formula is C20H19N3O4S. The molecule has 0 bridgehead atoms. The maximum atomic E-state index is 11.9. The standard InChI is InChI=1S/C20H19N3O4S/c24-18(13-23-19(25)26-14-16-4-2-1-3-5-16)22-12-15-6-8-17(9-7-15)27-20-21-10-11-28-20/h1-11H,12-14H2,(H,22,24)(H,23,25). The molecule has 28 heavy (non-hydrogen) atoms. The molecule has 1 heterocycles. The predicted molar refractivity (Wildman–Crippen MR) is 105 cm³/mol. The largest absolute Gasteiger partial charge is 0.445 e. The van der Waals surface area contributed by atoms with Crippen molar-refractivity contribution in [1.29, 1.82) is 0 Å². The lowest BCUT2D eigenvalue weighted by atomic mass is 10.2. The van der Waals surface area contributed by atoms with Crippen LogP contribution in [0.15, 0.2) is 66.2 Å². The van der Waals surface area contributed by atoms with Crippen LogP contribution in [0.3, 0.4) is 0 Å². The Bertz CT molecular complexity index is 884. The Balaban J connectivity index is 1.34. The first-order chi connectivity index (χ1) is 13.7. The second kappa shape index (κ2) is 10.1. The number of benzene rings is 2. The normalized spacial score (nSPS) is 10.1. The minimum absolute atomic E-state index is 0.154. The summed E-state index contributed by atoms with van der Waals surface area (Å²) in [5.74, 6) is 0.368. The number of ether oxygens (including phenoxy) is 2. The minimum atomic E-state index is -0.636. The smallest absolute Gasteiger partial charge is 0.407 e. The van der Waals surface area contributed by atoms with Crippen LogP contribution < -0.4 is 15.4 Å². The molecule has 0 aliphatic carbocycles. The van der Waals surface area contributed by atoms with Gasteiger partial charge < -0.3 is 20.1 Å². The fourth-order valence-electron chi connectivity index (χ4n) is 2.23. The van der Waals surface area contributed by atoms with Gasteiger partial charge in [0.1, 0.15) is 18.9 Å². The van der Waals surface area contributed by atoms with Gasteiger partial charge in [-0.25, -0.2) is 9.78 Å². The number of thiazole rings is 1. The Morgan fingerprint density at radius 3 is 2.46 bits per heavy atom. The van der Waals surface area contributed by atoms with Crippen LogP contribution in [0.4, 0.5) is 4.79 Å². The van der Waals surface area contributed by atoms with Crippen LogP contribution in [0, 0.1) is 0 Å². The zero-order chi connectivity index (χ0) is 19.6. The van der Waals surface area contributed by atoms with E-state index in [4.69, 9.17) is 9.47 Å². The predicted octanol–water partition coefficient (Wildman–Crippen LogP) is 3.48. The van der Waals surface area contributed by atoms with E-state index in [1.165, 1.54) is 11.3 Å². The monoisotopic (exact) mass is 397 g/mol. The highest BCUT2D eigenvalue weighted by Gasteiger charge is 2.07. The minimum Gasteiger partial charge on any atom is -0.445 e. The van der Waals surface area contributed by atoms with E-state index in [0.29, 0.717) is 17.5 Å². The molecular weight excluding hydrogens is 378 g/mol. The van der Waals surface area contributed by atoms with Crippen LogP contribution in [0.2, 0.25) is 0 Å². The van der Waals surface area contributed by atoms with Crippen molar-refractivity contribution >= 4 is 23.3 Å². The van der Waals surface area contributed by atoms with Crippen LogP contribution in [0.25, 0.3) is 0 Å². The maximum absolute atomic E-state index is 11.9. The number of carbonyl (C=O) groups excluding carboxylic acids is 2. The summed E-state index contributed by atoms with van der Waals surface area (Å²) in [6.07, 6.45) is 1.04. The van der Waals surface area contributed by atoms with Crippen LogP contribution >= 0.6 is 11.3 Å². The number of hydrogen-bond acceptors (Lipinski definition) is 6. The zero-order valence-electron chi connectivity index (χ0n) is 15.0. The summed E-state index contributed by atoms with van der Waals surface area (Å²) in [6.45, 7) is 0.347. The van der Waals surface area contributed by atoms with E-state index >= 15 is 0 Å². The number of hydrogen-bond donors (Lipinski definition) is 2. The number of rotatable bonds is 8. The fourth-order valence-corrected chi connectivity index (χ4v) is 2.73. The Morgan fingerprint density at radius 1 is 0.964 bits per heavy atom. The van der Waals surface area contributed by atoms with Crippen LogP contribution in [-0.2, 0) is 22.7 Å². The van der Waals surface area contributed by atoms with Gasteiger partial charge in [0.15, 0.2) is 0 Å². The van der Waals surface area contributed by atoms with Crippen LogP contribution in [-0.4, -0.2) is 23.5 Å². The van der Waals surface area contributed by atoms with Gasteiger partial charge in [0.05, 0.1) is 0 Å². The quantitative estimate of drug-likeness (QED) is 0.607. The second-order valence-corrected chi connectivity index (χ2v) is 6.59. The summed E-state index contributed by atoms with van der Waals surface area (Å²) in [7, 11) is 0. The number of nitrogens with one attached hydrogen (secondary N) is 2. The van der Waals surface area contributed by atoms with E-state index < -0.39 is 6.09 Å². The van der Waals surface area contributed by atoms with Crippen LogP contribution in [0.5, 0.6) is 10.9 Å². The molecule has 3 aromatic rings. The molecule has 0 atom stereocenters. The molecule has 0 spiro atoms. The maximum Gasteiger partial charge on any atom is 0.407 e. The Hall–Kier alpha value is -3.39. The van der Waals surface area contributed by atoms with Gasteiger partial charge >= 0.3 is 6.09 Å². The third kappa shape index (κ3) is 6.40. The van der Waals surface area contributed by atoms with Crippen LogP contribution in [0.1, 0.15) is 11.1 Å². The summed E-state index contributed by atoms with van der Waals surface area (Å²) < 4.78 is 10.6. The molecule has 0 saturated carbocycles. The third-order valence-electron chi connectivity index (χ3n) is 3.63. The van der Waals surface area contributed by atoms with Gasteiger partial charge in [-0.15, -0.1) is 0 Å². The molecule has 0 fully saturated rings. The number of carbonyl (C=O) groups is 2. The van der Waals surface area contributed by atoms with Crippen molar-refractivity contribution in [1.82, 2.24) is 15.6 Å². The summed E-state index contributed by atoms with van der Waals surface area (Å²) in [6, 6.07) is 16.6. The Kier molecular flexibility index (Phi) is 6.97. The number of alkyl carbamates (subject to hydrolysis) is 1. The molecule has 144 valence electrons. The molecule has 2 aromatic carbocycles. The van der Waals surface area contributed by atoms with Crippen molar-refractivity contribution in [2.75, 3.05) is 6.54 Å². The van der Waals surface area contributed by atoms with Crippen molar-refractivity contribution in [3.63, 3.8) is 0 Å². The van der Waals surface area contributed by atoms with Crippen molar-refractivity contribution < 1.29 is 19.1 Å². The molecule has 8 heteroatoms. The molecule has 0 unspecified atom stereocenters. The lowest BCUT2D eigenvalue weighted by Gasteiger charge is -2.08. The van der Waals surface area contributed by atoms with E-state index in [2.05, 4.69) is 15.6 Å². The number of amides is 2. The fraction of sp³-hybridized carbons (Fsp3) is 0.150. The lowest BCUT2D eigenvalue weighted by Crippen LogP contribution is -2.36. The molecule has 3 rings (SSSR count). The van der Waals surface area contributed by atoms with Gasteiger partial charge in [0.2, 0.25) is 5.91 Å². The SMILES string of the molecule is O=C(CNC(=O)OCc1ccccc1)NCc1ccc(Oc2nccs2)cc1. The first-order valence-electron chi connectivity index (χ1n) is 8.56. The average molecular weight is 397 g/mol. The summed E-state index contributed by atoms with van der Waals surface area (Å²) in [5.41, 5.74) is 1.79. The van der Waals surface area contributed by atoms with Gasteiger partial charge in [-0.1, -0.05) is 53.8 Å². The van der Waals surface area contributed by atoms with Crippen molar-refractivity contribution in [2.24, 2.45) is 0 Å². The average Bonchev–Trinajstić information content (AvgIpc) is 3.24. The van der Waals surface area contributed by atoms with E-state index in [0.717, 1.165) is 11.1 Å². The Labute approximate surface area is 166 Å². The molecule has 7 nitrogen and oxygen atoms in total. The molecule has 0 aliphatic rings. The molecule has 2 N–H and O–H groups in total.